The van der Waals surface area contributed by atoms with Gasteiger partial charge in [-0.1, -0.05) is 83.9 Å². The minimum atomic E-state index is -1.91. The molecule has 30 heavy (non-hydrogen) atoms. The molecule has 0 heterocycles. The Kier molecular flexibility index (Phi) is 7.11. The lowest BCUT2D eigenvalue weighted by Crippen LogP contribution is -2.43. The SMILES string of the molecule is CCOc1c(Cl)cc(C=NNC(=O)C(O)(c2ccccc2)c2ccccc2)cc1Cl. The maximum atomic E-state index is 13.0. The van der Waals surface area contributed by atoms with Gasteiger partial charge in [0.25, 0.3) is 5.91 Å². The first-order valence-corrected chi connectivity index (χ1v) is 10.0. The number of carbonyl (C=O) groups is 1. The molecule has 0 fully saturated rings. The third kappa shape index (κ3) is 4.65. The van der Waals surface area contributed by atoms with Crippen LogP contribution in [0, 0.1) is 0 Å². The van der Waals surface area contributed by atoms with Gasteiger partial charge < -0.3 is 9.84 Å². The zero-order chi connectivity index (χ0) is 21.6. The van der Waals surface area contributed by atoms with Gasteiger partial charge in [-0.2, -0.15) is 5.10 Å². The molecule has 0 spiro atoms. The van der Waals surface area contributed by atoms with Crippen LogP contribution in [0.4, 0.5) is 0 Å². The average molecular weight is 443 g/mol. The van der Waals surface area contributed by atoms with Crippen LogP contribution in [0.3, 0.4) is 0 Å². The molecule has 0 aliphatic heterocycles. The molecule has 154 valence electrons. The van der Waals surface area contributed by atoms with Crippen molar-refractivity contribution in [2.45, 2.75) is 12.5 Å². The van der Waals surface area contributed by atoms with Crippen LogP contribution in [0.5, 0.6) is 5.75 Å². The van der Waals surface area contributed by atoms with Crippen LogP contribution in [0.1, 0.15) is 23.6 Å². The molecule has 5 nitrogen and oxygen atoms in total. The summed E-state index contributed by atoms with van der Waals surface area (Å²) in [7, 11) is 0. The molecule has 2 N–H and O–H groups in total. The van der Waals surface area contributed by atoms with Crippen LogP contribution in [0.2, 0.25) is 10.0 Å². The van der Waals surface area contributed by atoms with E-state index >= 15 is 0 Å². The van der Waals surface area contributed by atoms with Crippen molar-refractivity contribution >= 4 is 35.3 Å². The highest BCUT2D eigenvalue weighted by Crippen LogP contribution is 2.34. The van der Waals surface area contributed by atoms with Crippen molar-refractivity contribution in [3.8, 4) is 5.75 Å². The van der Waals surface area contributed by atoms with Crippen molar-refractivity contribution < 1.29 is 14.6 Å². The van der Waals surface area contributed by atoms with Gasteiger partial charge >= 0.3 is 0 Å². The highest BCUT2D eigenvalue weighted by Gasteiger charge is 2.39. The number of nitrogens with one attached hydrogen (secondary N) is 1. The van der Waals surface area contributed by atoms with E-state index in [1.54, 1.807) is 60.7 Å². The molecule has 7 heteroatoms. The maximum Gasteiger partial charge on any atom is 0.281 e. The fourth-order valence-electron chi connectivity index (χ4n) is 2.97. The molecule has 0 unspecified atom stereocenters. The number of nitrogens with zero attached hydrogens (tertiary/aromatic N) is 1. The summed E-state index contributed by atoms with van der Waals surface area (Å²) in [5, 5.41) is 16.0. The standard InChI is InChI=1S/C23H20Cl2N2O3/c1-2-30-21-19(24)13-16(14-20(21)25)15-26-27-22(28)23(29,17-9-5-3-6-10-17)18-11-7-4-8-12-18/h3-15,29H,2H2,1H3,(H,27,28). The van der Waals surface area contributed by atoms with Crippen LogP contribution in [0.25, 0.3) is 0 Å². The molecule has 0 atom stereocenters. The van der Waals surface area contributed by atoms with E-state index in [1.165, 1.54) is 6.21 Å². The summed E-state index contributed by atoms with van der Waals surface area (Å²) in [5.41, 5.74) is 1.92. The molecule has 0 aromatic heterocycles. The summed E-state index contributed by atoms with van der Waals surface area (Å²) in [4.78, 5) is 13.0. The van der Waals surface area contributed by atoms with Crippen LogP contribution in [-0.4, -0.2) is 23.8 Å². The predicted octanol–water partition coefficient (Wildman–Crippen LogP) is 4.78. The van der Waals surface area contributed by atoms with Gasteiger partial charge in [-0.3, -0.25) is 4.79 Å². The number of halogens is 2. The predicted molar refractivity (Wildman–Crippen MR) is 119 cm³/mol. The average Bonchev–Trinajstić information content (AvgIpc) is 2.77. The van der Waals surface area contributed by atoms with E-state index in [0.29, 0.717) is 39.1 Å². The Morgan fingerprint density at radius 1 is 1.03 bits per heavy atom. The van der Waals surface area contributed by atoms with Gasteiger partial charge in [-0.15, -0.1) is 0 Å². The maximum absolute atomic E-state index is 13.0. The minimum absolute atomic E-state index is 0.335. The zero-order valence-electron chi connectivity index (χ0n) is 16.2. The molecule has 0 radical (unpaired) electrons. The van der Waals surface area contributed by atoms with Gasteiger partial charge in [0.15, 0.2) is 11.4 Å². The van der Waals surface area contributed by atoms with Crippen LogP contribution >= 0.6 is 23.2 Å². The normalized spacial score (nSPS) is 11.5. The summed E-state index contributed by atoms with van der Waals surface area (Å²) in [5.74, 6) is -0.302. The van der Waals surface area contributed by atoms with Crippen molar-refractivity contribution in [2.24, 2.45) is 5.10 Å². The molecular weight excluding hydrogens is 423 g/mol. The first-order valence-electron chi connectivity index (χ1n) is 9.25. The summed E-state index contributed by atoms with van der Waals surface area (Å²) in [6.07, 6.45) is 1.39. The third-order valence-corrected chi connectivity index (χ3v) is 4.96. The third-order valence-electron chi connectivity index (χ3n) is 4.40. The number of rotatable bonds is 7. The molecule has 0 saturated carbocycles. The van der Waals surface area contributed by atoms with Gasteiger partial charge in [0, 0.05) is 0 Å². The number of amides is 1. The Hall–Kier alpha value is -2.86. The van der Waals surface area contributed by atoms with E-state index in [9.17, 15) is 9.90 Å². The molecule has 1 amide bonds. The van der Waals surface area contributed by atoms with Crippen molar-refractivity contribution in [3.63, 3.8) is 0 Å². The van der Waals surface area contributed by atoms with Gasteiger partial charge in [0.2, 0.25) is 0 Å². The first kappa shape index (κ1) is 21.8. The number of ether oxygens (including phenoxy) is 1. The Labute approximate surface area is 184 Å². The van der Waals surface area contributed by atoms with Gasteiger partial charge in [0.1, 0.15) is 0 Å². The fraction of sp³-hybridized carbons (Fsp3) is 0.130. The van der Waals surface area contributed by atoms with Crippen molar-refractivity contribution in [1.29, 1.82) is 0 Å². The second kappa shape index (κ2) is 9.76. The summed E-state index contributed by atoms with van der Waals surface area (Å²) in [6, 6.07) is 20.6. The number of aliphatic hydroxyl groups is 1. The Balaban J connectivity index is 1.86. The lowest BCUT2D eigenvalue weighted by molar-refractivity contribution is -0.136. The number of hydrogen-bond acceptors (Lipinski definition) is 4. The molecule has 0 aliphatic carbocycles. The number of carbonyl (C=O) groups excluding carboxylic acids is 1. The number of benzene rings is 3. The van der Waals surface area contributed by atoms with E-state index in [4.69, 9.17) is 27.9 Å². The Morgan fingerprint density at radius 2 is 1.53 bits per heavy atom. The largest absolute Gasteiger partial charge is 0.491 e. The van der Waals surface area contributed by atoms with E-state index < -0.39 is 11.5 Å². The Morgan fingerprint density at radius 3 is 2.00 bits per heavy atom. The highest BCUT2D eigenvalue weighted by molar-refractivity contribution is 6.37. The zero-order valence-corrected chi connectivity index (χ0v) is 17.7. The van der Waals surface area contributed by atoms with Crippen LogP contribution < -0.4 is 10.2 Å². The lowest BCUT2D eigenvalue weighted by atomic mass is 9.85. The van der Waals surface area contributed by atoms with Gasteiger partial charge in [-0.25, -0.2) is 5.43 Å². The smallest absolute Gasteiger partial charge is 0.281 e. The van der Waals surface area contributed by atoms with Gasteiger partial charge in [-0.05, 0) is 35.7 Å². The van der Waals surface area contributed by atoms with Crippen LogP contribution in [-0.2, 0) is 10.4 Å². The summed E-state index contributed by atoms with van der Waals surface area (Å²) >= 11 is 12.4. The molecule has 0 bridgehead atoms. The van der Waals surface area contributed by atoms with E-state index in [1.807, 2.05) is 19.1 Å². The second-order valence-electron chi connectivity index (χ2n) is 6.39. The minimum Gasteiger partial charge on any atom is -0.491 e. The number of hydrogen-bond donors (Lipinski definition) is 2. The molecule has 0 aliphatic rings. The Bertz CT molecular complexity index is 978. The number of hydrazone groups is 1. The monoisotopic (exact) mass is 442 g/mol. The second-order valence-corrected chi connectivity index (χ2v) is 7.20. The van der Waals surface area contributed by atoms with Crippen molar-refractivity contribution in [3.05, 3.63) is 99.5 Å². The van der Waals surface area contributed by atoms with E-state index in [2.05, 4.69) is 10.5 Å². The van der Waals surface area contributed by atoms with Crippen molar-refractivity contribution in [2.75, 3.05) is 6.61 Å². The van der Waals surface area contributed by atoms with Gasteiger partial charge in [0.05, 0.1) is 22.9 Å². The highest BCUT2D eigenvalue weighted by atomic mass is 35.5. The van der Waals surface area contributed by atoms with Crippen molar-refractivity contribution in [1.82, 2.24) is 5.43 Å². The van der Waals surface area contributed by atoms with E-state index in [0.717, 1.165) is 0 Å². The van der Waals surface area contributed by atoms with E-state index in [-0.39, 0.29) is 0 Å². The molecule has 3 aromatic carbocycles. The molecule has 3 rings (SSSR count). The fourth-order valence-corrected chi connectivity index (χ4v) is 3.58. The quantitative estimate of drug-likeness (QED) is 0.408. The van der Waals surface area contributed by atoms with Crippen LogP contribution in [0.15, 0.2) is 77.9 Å². The summed E-state index contributed by atoms with van der Waals surface area (Å²) < 4.78 is 5.40. The molecular formula is C23H20Cl2N2O3. The lowest BCUT2D eigenvalue weighted by Gasteiger charge is -2.27. The summed E-state index contributed by atoms with van der Waals surface area (Å²) in [6.45, 7) is 2.26. The molecule has 3 aromatic rings. The topological polar surface area (TPSA) is 70.9 Å². The molecule has 0 saturated heterocycles. The first-order chi connectivity index (χ1) is 14.5.